The summed E-state index contributed by atoms with van der Waals surface area (Å²) in [5, 5.41) is 0.100. The first-order valence-electron chi connectivity index (χ1n) is 7.68. The Hall–Kier alpha value is -2.28. The Morgan fingerprint density at radius 3 is 2.40 bits per heavy atom. The standard InChI is InChI=1S/C17H15ClF3N3O/c18-12-4-5-14(17(19,20)21)13(11-12)16(25)24-9-7-23(8-10-24)15-3-1-2-6-22-15/h1-6,11H,7-10H2. The number of nitrogens with zero attached hydrogens (tertiary/aromatic N) is 3. The van der Waals surface area contributed by atoms with Crippen LogP contribution in [0.4, 0.5) is 19.0 Å². The second-order valence-corrected chi connectivity index (χ2v) is 6.09. The number of pyridine rings is 1. The van der Waals surface area contributed by atoms with E-state index in [-0.39, 0.29) is 5.02 Å². The fourth-order valence-corrected chi connectivity index (χ4v) is 2.96. The van der Waals surface area contributed by atoms with E-state index in [1.807, 2.05) is 17.0 Å². The second kappa shape index (κ2) is 6.92. The predicted octanol–water partition coefficient (Wildman–Crippen LogP) is 3.72. The molecule has 1 aliphatic heterocycles. The number of alkyl halides is 3. The number of carbonyl (C=O) groups excluding carboxylic acids is 1. The van der Waals surface area contributed by atoms with Gasteiger partial charge in [-0.05, 0) is 30.3 Å². The lowest BCUT2D eigenvalue weighted by Crippen LogP contribution is -2.49. The lowest BCUT2D eigenvalue weighted by Gasteiger charge is -2.35. The fraction of sp³-hybridized carbons (Fsp3) is 0.294. The normalized spacial score (nSPS) is 15.4. The van der Waals surface area contributed by atoms with Crippen molar-refractivity contribution in [1.82, 2.24) is 9.88 Å². The summed E-state index contributed by atoms with van der Waals surface area (Å²) >= 11 is 5.80. The van der Waals surface area contributed by atoms with E-state index in [9.17, 15) is 18.0 Å². The minimum absolute atomic E-state index is 0.100. The number of rotatable bonds is 2. The molecule has 0 N–H and O–H groups in total. The largest absolute Gasteiger partial charge is 0.417 e. The number of amides is 1. The van der Waals surface area contributed by atoms with Crippen molar-refractivity contribution in [2.75, 3.05) is 31.1 Å². The third kappa shape index (κ3) is 3.87. The second-order valence-electron chi connectivity index (χ2n) is 5.65. The first-order chi connectivity index (χ1) is 11.9. The van der Waals surface area contributed by atoms with Crippen LogP contribution >= 0.6 is 11.6 Å². The number of hydrogen-bond donors (Lipinski definition) is 0. The van der Waals surface area contributed by atoms with Gasteiger partial charge < -0.3 is 9.80 Å². The van der Waals surface area contributed by atoms with Gasteiger partial charge in [0.05, 0.1) is 11.1 Å². The molecular weight excluding hydrogens is 355 g/mol. The molecule has 2 aromatic rings. The summed E-state index contributed by atoms with van der Waals surface area (Å²) in [6.07, 6.45) is -2.93. The number of halogens is 4. The summed E-state index contributed by atoms with van der Waals surface area (Å²) in [5.41, 5.74) is -1.37. The Morgan fingerprint density at radius 1 is 1.08 bits per heavy atom. The Balaban J connectivity index is 1.76. The number of hydrogen-bond acceptors (Lipinski definition) is 3. The molecule has 4 nitrogen and oxygen atoms in total. The molecule has 0 unspecified atom stereocenters. The molecule has 0 radical (unpaired) electrons. The molecule has 0 atom stereocenters. The van der Waals surface area contributed by atoms with Gasteiger partial charge >= 0.3 is 6.18 Å². The summed E-state index contributed by atoms with van der Waals surface area (Å²) in [4.78, 5) is 20.2. The number of carbonyl (C=O) groups is 1. The first-order valence-corrected chi connectivity index (χ1v) is 8.06. The van der Waals surface area contributed by atoms with Crippen molar-refractivity contribution in [2.45, 2.75) is 6.18 Å². The maximum Gasteiger partial charge on any atom is 0.417 e. The molecule has 2 heterocycles. The van der Waals surface area contributed by atoms with Crippen molar-refractivity contribution in [2.24, 2.45) is 0 Å². The maximum atomic E-state index is 13.2. The predicted molar refractivity (Wildman–Crippen MR) is 88.8 cm³/mol. The number of piperazine rings is 1. The van der Waals surface area contributed by atoms with Crippen LogP contribution in [0.3, 0.4) is 0 Å². The Bertz CT molecular complexity index is 759. The van der Waals surface area contributed by atoms with E-state index in [2.05, 4.69) is 4.98 Å². The summed E-state index contributed by atoms with van der Waals surface area (Å²) in [6.45, 7) is 1.65. The van der Waals surface area contributed by atoms with Crippen molar-refractivity contribution < 1.29 is 18.0 Å². The molecule has 25 heavy (non-hydrogen) atoms. The molecule has 132 valence electrons. The lowest BCUT2D eigenvalue weighted by molar-refractivity contribution is -0.138. The molecule has 1 aromatic heterocycles. The van der Waals surface area contributed by atoms with Gasteiger partial charge in [-0.3, -0.25) is 4.79 Å². The zero-order valence-corrected chi connectivity index (χ0v) is 13.9. The van der Waals surface area contributed by atoms with Gasteiger partial charge in [0.2, 0.25) is 0 Å². The molecule has 1 aliphatic rings. The van der Waals surface area contributed by atoms with Crippen LogP contribution in [0.5, 0.6) is 0 Å². The third-order valence-corrected chi connectivity index (χ3v) is 4.29. The summed E-state index contributed by atoms with van der Waals surface area (Å²) in [6, 6.07) is 8.59. The van der Waals surface area contributed by atoms with E-state index >= 15 is 0 Å². The highest BCUT2D eigenvalue weighted by molar-refractivity contribution is 6.31. The lowest BCUT2D eigenvalue weighted by atomic mass is 10.1. The van der Waals surface area contributed by atoms with Crippen LogP contribution in [0.2, 0.25) is 5.02 Å². The summed E-state index contributed by atoms with van der Waals surface area (Å²) in [7, 11) is 0. The van der Waals surface area contributed by atoms with E-state index < -0.39 is 23.2 Å². The van der Waals surface area contributed by atoms with Crippen LogP contribution in [0, 0.1) is 0 Å². The van der Waals surface area contributed by atoms with Gasteiger partial charge in [-0.1, -0.05) is 17.7 Å². The molecule has 0 bridgehead atoms. The molecule has 1 fully saturated rings. The number of benzene rings is 1. The Morgan fingerprint density at radius 2 is 1.80 bits per heavy atom. The van der Waals surface area contributed by atoms with Crippen molar-refractivity contribution in [3.63, 3.8) is 0 Å². The van der Waals surface area contributed by atoms with Crippen LogP contribution in [0.25, 0.3) is 0 Å². The van der Waals surface area contributed by atoms with Crippen LogP contribution in [-0.2, 0) is 6.18 Å². The van der Waals surface area contributed by atoms with Gasteiger partial charge in [-0.25, -0.2) is 4.98 Å². The van der Waals surface area contributed by atoms with Crippen LogP contribution < -0.4 is 4.90 Å². The molecule has 1 amide bonds. The van der Waals surface area contributed by atoms with E-state index in [1.165, 1.54) is 4.90 Å². The zero-order chi connectivity index (χ0) is 18.0. The van der Waals surface area contributed by atoms with Crippen molar-refractivity contribution >= 4 is 23.3 Å². The highest BCUT2D eigenvalue weighted by Crippen LogP contribution is 2.34. The van der Waals surface area contributed by atoms with Crippen molar-refractivity contribution in [3.8, 4) is 0 Å². The van der Waals surface area contributed by atoms with Gasteiger partial charge in [-0.2, -0.15) is 13.2 Å². The van der Waals surface area contributed by atoms with E-state index in [1.54, 1.807) is 12.3 Å². The van der Waals surface area contributed by atoms with Gasteiger partial charge in [0.1, 0.15) is 5.82 Å². The topological polar surface area (TPSA) is 36.4 Å². The average Bonchev–Trinajstić information content (AvgIpc) is 2.61. The van der Waals surface area contributed by atoms with Gasteiger partial charge in [-0.15, -0.1) is 0 Å². The fourth-order valence-electron chi connectivity index (χ4n) is 2.79. The minimum atomic E-state index is -4.61. The molecule has 1 saturated heterocycles. The van der Waals surface area contributed by atoms with Crippen molar-refractivity contribution in [1.29, 1.82) is 0 Å². The zero-order valence-electron chi connectivity index (χ0n) is 13.1. The SMILES string of the molecule is O=C(c1cc(Cl)ccc1C(F)(F)F)N1CCN(c2ccccn2)CC1. The molecule has 0 aliphatic carbocycles. The molecule has 3 rings (SSSR count). The minimum Gasteiger partial charge on any atom is -0.353 e. The first kappa shape index (κ1) is 17.5. The van der Waals surface area contributed by atoms with Crippen LogP contribution in [0.1, 0.15) is 15.9 Å². The quantitative estimate of drug-likeness (QED) is 0.809. The monoisotopic (exact) mass is 369 g/mol. The molecule has 1 aromatic carbocycles. The highest BCUT2D eigenvalue weighted by Gasteiger charge is 2.36. The molecule has 0 spiro atoms. The van der Waals surface area contributed by atoms with E-state index in [4.69, 9.17) is 11.6 Å². The third-order valence-electron chi connectivity index (χ3n) is 4.06. The van der Waals surface area contributed by atoms with E-state index in [0.29, 0.717) is 26.2 Å². The summed E-state index contributed by atoms with van der Waals surface area (Å²) < 4.78 is 39.5. The van der Waals surface area contributed by atoms with Crippen molar-refractivity contribution in [3.05, 3.63) is 58.7 Å². The van der Waals surface area contributed by atoms with Gasteiger partial charge in [0.25, 0.3) is 5.91 Å². The number of aromatic nitrogens is 1. The molecular formula is C17H15ClF3N3O. The maximum absolute atomic E-state index is 13.2. The van der Waals surface area contributed by atoms with Crippen LogP contribution in [0.15, 0.2) is 42.6 Å². The number of anilines is 1. The highest BCUT2D eigenvalue weighted by atomic mass is 35.5. The van der Waals surface area contributed by atoms with E-state index in [0.717, 1.165) is 24.0 Å². The van der Waals surface area contributed by atoms with Gasteiger partial charge in [0.15, 0.2) is 0 Å². The Kier molecular flexibility index (Phi) is 4.85. The van der Waals surface area contributed by atoms with Gasteiger partial charge in [0, 0.05) is 37.4 Å². The Labute approximate surface area is 147 Å². The average molecular weight is 370 g/mol. The summed E-state index contributed by atoms with van der Waals surface area (Å²) in [5.74, 6) is 0.129. The molecule has 0 saturated carbocycles. The van der Waals surface area contributed by atoms with Crippen LogP contribution in [-0.4, -0.2) is 42.0 Å². The smallest absolute Gasteiger partial charge is 0.353 e. The molecule has 8 heteroatoms.